The molecule has 0 aliphatic rings. The highest BCUT2D eigenvalue weighted by Crippen LogP contribution is 2.09. The maximum absolute atomic E-state index is 4.13. The van der Waals surface area contributed by atoms with Crippen molar-refractivity contribution >= 4 is 11.8 Å². The third-order valence-electron chi connectivity index (χ3n) is 2.47. The monoisotopic (exact) mass is 224 g/mol. The fourth-order valence-electron chi connectivity index (χ4n) is 1.35. The molecule has 1 aromatic heterocycles. The summed E-state index contributed by atoms with van der Waals surface area (Å²) in [5.41, 5.74) is 1.29. The lowest BCUT2D eigenvalue weighted by Crippen LogP contribution is -2.30. The minimum atomic E-state index is 0.621. The third kappa shape index (κ3) is 4.67. The average molecular weight is 224 g/mol. The van der Waals surface area contributed by atoms with E-state index in [0.29, 0.717) is 6.04 Å². The van der Waals surface area contributed by atoms with E-state index >= 15 is 0 Å². The lowest BCUT2D eigenvalue weighted by molar-refractivity contribution is 0.269. The van der Waals surface area contributed by atoms with Crippen molar-refractivity contribution in [2.75, 3.05) is 18.6 Å². The predicted molar refractivity (Wildman–Crippen MR) is 68.2 cm³/mol. The minimum absolute atomic E-state index is 0.621. The number of thioether (sulfide) groups is 1. The molecule has 15 heavy (non-hydrogen) atoms. The summed E-state index contributed by atoms with van der Waals surface area (Å²) < 4.78 is 0. The molecule has 0 saturated carbocycles. The molecule has 0 aliphatic carbocycles. The molecule has 1 aromatic rings. The van der Waals surface area contributed by atoms with Crippen molar-refractivity contribution in [1.82, 2.24) is 9.88 Å². The van der Waals surface area contributed by atoms with Crippen molar-refractivity contribution in [2.24, 2.45) is 0 Å². The summed E-state index contributed by atoms with van der Waals surface area (Å²) in [6.07, 6.45) is 3.76. The van der Waals surface area contributed by atoms with Gasteiger partial charge in [0.15, 0.2) is 0 Å². The van der Waals surface area contributed by atoms with E-state index in [1.54, 1.807) is 0 Å². The number of aromatic nitrogens is 1. The molecule has 0 fully saturated rings. The number of rotatable bonds is 6. The van der Waals surface area contributed by atoms with Crippen molar-refractivity contribution < 1.29 is 0 Å². The van der Waals surface area contributed by atoms with Crippen LogP contribution in [0.25, 0.3) is 0 Å². The molecule has 0 saturated heterocycles. The Kier molecular flexibility index (Phi) is 5.73. The summed E-state index contributed by atoms with van der Waals surface area (Å²) in [5.74, 6) is 2.40. The lowest BCUT2D eigenvalue weighted by Gasteiger charge is -2.24. The summed E-state index contributed by atoms with van der Waals surface area (Å²) in [5, 5.41) is 0. The van der Waals surface area contributed by atoms with Crippen LogP contribution < -0.4 is 0 Å². The van der Waals surface area contributed by atoms with Gasteiger partial charge >= 0.3 is 0 Å². The number of hydrogen-bond donors (Lipinski definition) is 0. The van der Waals surface area contributed by atoms with E-state index in [4.69, 9.17) is 0 Å². The van der Waals surface area contributed by atoms with Crippen LogP contribution in [0.2, 0.25) is 0 Å². The normalized spacial score (nSPS) is 13.1. The highest BCUT2D eigenvalue weighted by atomic mass is 32.2. The Labute approximate surface area is 97.1 Å². The van der Waals surface area contributed by atoms with Crippen LogP contribution >= 0.6 is 11.8 Å². The summed E-state index contributed by atoms with van der Waals surface area (Å²) in [6, 6.07) is 4.74. The number of nitrogens with zero attached hydrogens (tertiary/aromatic N) is 2. The Balaban J connectivity index is 2.38. The standard InChI is InChI=1S/C12H20N2S/c1-4-15-10-11(2)14(3)9-12-6-5-7-13-8-12/h5-8,11H,4,9-10H2,1-3H3/t11-/m1/s1. The van der Waals surface area contributed by atoms with Crippen LogP contribution in [0, 0.1) is 0 Å². The van der Waals surface area contributed by atoms with E-state index in [0.717, 1.165) is 6.54 Å². The van der Waals surface area contributed by atoms with Gasteiger partial charge in [-0.1, -0.05) is 13.0 Å². The Morgan fingerprint density at radius 1 is 1.53 bits per heavy atom. The third-order valence-corrected chi connectivity index (χ3v) is 3.60. The van der Waals surface area contributed by atoms with E-state index in [9.17, 15) is 0 Å². The molecule has 0 unspecified atom stereocenters. The maximum Gasteiger partial charge on any atom is 0.0312 e. The molecule has 0 aliphatic heterocycles. The molecule has 0 aromatic carbocycles. The van der Waals surface area contributed by atoms with E-state index in [2.05, 4.69) is 36.8 Å². The summed E-state index contributed by atoms with van der Waals surface area (Å²) in [6.45, 7) is 5.47. The molecule has 0 N–H and O–H groups in total. The first-order valence-electron chi connectivity index (χ1n) is 5.41. The van der Waals surface area contributed by atoms with E-state index in [-0.39, 0.29) is 0 Å². The molecular weight excluding hydrogens is 204 g/mol. The second kappa shape index (κ2) is 6.85. The summed E-state index contributed by atoms with van der Waals surface area (Å²) in [7, 11) is 2.17. The average Bonchev–Trinajstić information content (AvgIpc) is 2.27. The molecule has 0 spiro atoms. The topological polar surface area (TPSA) is 16.1 Å². The molecule has 0 bridgehead atoms. The molecule has 1 heterocycles. The first kappa shape index (κ1) is 12.5. The van der Waals surface area contributed by atoms with E-state index in [1.807, 2.05) is 30.2 Å². The largest absolute Gasteiger partial charge is 0.299 e. The zero-order valence-electron chi connectivity index (χ0n) is 9.81. The number of hydrogen-bond acceptors (Lipinski definition) is 3. The summed E-state index contributed by atoms with van der Waals surface area (Å²) in [4.78, 5) is 6.50. The molecule has 1 atom stereocenters. The number of pyridine rings is 1. The Bertz CT molecular complexity index is 264. The van der Waals surface area contributed by atoms with Crippen molar-refractivity contribution in [3.8, 4) is 0 Å². The molecular formula is C12H20N2S. The van der Waals surface area contributed by atoms with Crippen molar-refractivity contribution in [3.63, 3.8) is 0 Å². The first-order valence-corrected chi connectivity index (χ1v) is 6.56. The Hall–Kier alpha value is -0.540. The second-order valence-corrected chi connectivity index (χ2v) is 5.10. The van der Waals surface area contributed by atoms with Gasteiger partial charge in [0.1, 0.15) is 0 Å². The highest BCUT2D eigenvalue weighted by molar-refractivity contribution is 7.99. The molecule has 1 rings (SSSR count). The van der Waals surface area contributed by atoms with Crippen molar-refractivity contribution in [2.45, 2.75) is 26.4 Å². The summed E-state index contributed by atoms with van der Waals surface area (Å²) >= 11 is 2.00. The molecule has 0 amide bonds. The quantitative estimate of drug-likeness (QED) is 0.739. The van der Waals surface area contributed by atoms with Gasteiger partial charge in [-0.15, -0.1) is 0 Å². The van der Waals surface area contributed by atoms with Crippen LogP contribution in [0.1, 0.15) is 19.4 Å². The van der Waals surface area contributed by atoms with Gasteiger partial charge in [0.25, 0.3) is 0 Å². The first-order chi connectivity index (χ1) is 7.24. The molecule has 0 radical (unpaired) electrons. The minimum Gasteiger partial charge on any atom is -0.299 e. The van der Waals surface area contributed by atoms with Gasteiger partial charge in [-0.3, -0.25) is 9.88 Å². The fraction of sp³-hybridized carbons (Fsp3) is 0.583. The van der Waals surface area contributed by atoms with Gasteiger partial charge in [-0.05, 0) is 31.4 Å². The van der Waals surface area contributed by atoms with Crippen LogP contribution in [0.5, 0.6) is 0 Å². The van der Waals surface area contributed by atoms with Crippen LogP contribution in [0.4, 0.5) is 0 Å². The van der Waals surface area contributed by atoms with Crippen molar-refractivity contribution in [1.29, 1.82) is 0 Å². The molecule has 3 heteroatoms. The van der Waals surface area contributed by atoms with Crippen LogP contribution in [-0.2, 0) is 6.54 Å². The van der Waals surface area contributed by atoms with E-state index < -0.39 is 0 Å². The van der Waals surface area contributed by atoms with E-state index in [1.165, 1.54) is 17.1 Å². The predicted octanol–water partition coefficient (Wildman–Crippen LogP) is 2.66. The fourth-order valence-corrected chi connectivity index (χ4v) is 2.18. The zero-order chi connectivity index (χ0) is 11.1. The van der Waals surface area contributed by atoms with Gasteiger partial charge in [-0.25, -0.2) is 0 Å². The lowest BCUT2D eigenvalue weighted by atomic mass is 10.2. The molecule has 84 valence electrons. The second-order valence-electron chi connectivity index (χ2n) is 3.78. The van der Waals surface area contributed by atoms with Gasteiger partial charge in [0.2, 0.25) is 0 Å². The van der Waals surface area contributed by atoms with Crippen LogP contribution in [0.15, 0.2) is 24.5 Å². The Morgan fingerprint density at radius 2 is 2.33 bits per heavy atom. The van der Waals surface area contributed by atoms with Crippen LogP contribution in [-0.4, -0.2) is 34.5 Å². The van der Waals surface area contributed by atoms with Crippen molar-refractivity contribution in [3.05, 3.63) is 30.1 Å². The van der Waals surface area contributed by atoms with Gasteiger partial charge in [0.05, 0.1) is 0 Å². The van der Waals surface area contributed by atoms with Gasteiger partial charge in [0, 0.05) is 30.7 Å². The van der Waals surface area contributed by atoms with Gasteiger partial charge in [-0.2, -0.15) is 11.8 Å². The zero-order valence-corrected chi connectivity index (χ0v) is 10.6. The maximum atomic E-state index is 4.13. The SMILES string of the molecule is CCSC[C@@H](C)N(C)Cc1cccnc1. The smallest absolute Gasteiger partial charge is 0.0312 e. The van der Waals surface area contributed by atoms with Crippen LogP contribution in [0.3, 0.4) is 0 Å². The van der Waals surface area contributed by atoms with Gasteiger partial charge < -0.3 is 0 Å². The molecule has 2 nitrogen and oxygen atoms in total. The Morgan fingerprint density at radius 3 is 2.93 bits per heavy atom. The highest BCUT2D eigenvalue weighted by Gasteiger charge is 2.08.